The zero-order valence-corrected chi connectivity index (χ0v) is 21.8. The van der Waals surface area contributed by atoms with Gasteiger partial charge in [0.2, 0.25) is 5.69 Å². The Kier molecular flexibility index (Phi) is 7.92. The molecule has 0 saturated carbocycles. The van der Waals surface area contributed by atoms with Gasteiger partial charge in [-0.15, -0.1) is 0 Å². The van der Waals surface area contributed by atoms with Crippen molar-refractivity contribution in [1.82, 2.24) is 19.2 Å². The number of ether oxygens (including phenoxy) is 1. The Hall–Kier alpha value is -3.72. The summed E-state index contributed by atoms with van der Waals surface area (Å²) in [5, 5.41) is 4.72. The first-order chi connectivity index (χ1) is 17.7. The molecule has 2 heterocycles. The van der Waals surface area contributed by atoms with Gasteiger partial charge in [0.1, 0.15) is 0 Å². The minimum absolute atomic E-state index is 0.0860. The normalized spacial score (nSPS) is 15.5. The molecular weight excluding hydrogens is 496 g/mol. The number of benzene rings is 2. The van der Waals surface area contributed by atoms with E-state index in [1.165, 1.54) is 4.90 Å². The molecule has 0 N–H and O–H groups in total. The van der Waals surface area contributed by atoms with Gasteiger partial charge in [-0.3, -0.25) is 19.0 Å². The van der Waals surface area contributed by atoms with E-state index in [-0.39, 0.29) is 31.4 Å². The second kappa shape index (κ2) is 11.1. The van der Waals surface area contributed by atoms with Crippen molar-refractivity contribution in [2.45, 2.75) is 40.2 Å². The molecule has 2 aromatic carbocycles. The molecule has 37 heavy (non-hydrogen) atoms. The van der Waals surface area contributed by atoms with Crippen LogP contribution in [0.4, 0.5) is 0 Å². The molecule has 0 radical (unpaired) electrons. The predicted molar refractivity (Wildman–Crippen MR) is 139 cm³/mol. The summed E-state index contributed by atoms with van der Waals surface area (Å²) in [4.78, 5) is 54.4. The smallest absolute Gasteiger partial charge is 0.352 e. The average Bonchev–Trinajstić information content (AvgIpc) is 2.86. The second-order valence-corrected chi connectivity index (χ2v) is 9.69. The zero-order chi connectivity index (χ0) is 26.7. The first-order valence-corrected chi connectivity index (χ1v) is 12.6. The molecule has 9 nitrogen and oxygen atoms in total. The summed E-state index contributed by atoms with van der Waals surface area (Å²) in [5.41, 5.74) is 1.02. The monoisotopic (exact) mass is 524 g/mol. The third-order valence-electron chi connectivity index (χ3n) is 6.27. The van der Waals surface area contributed by atoms with Gasteiger partial charge in [-0.25, -0.2) is 4.79 Å². The predicted octanol–water partition coefficient (Wildman–Crippen LogP) is 3.13. The highest BCUT2D eigenvalue weighted by atomic mass is 35.5. The number of piperidine rings is 1. The van der Waals surface area contributed by atoms with Crippen LogP contribution in [0, 0.1) is 19.8 Å². The summed E-state index contributed by atoms with van der Waals surface area (Å²) >= 11 is 6.12. The van der Waals surface area contributed by atoms with Crippen LogP contribution in [0.2, 0.25) is 5.02 Å². The highest BCUT2D eigenvalue weighted by molar-refractivity contribution is 6.30. The Morgan fingerprint density at radius 1 is 1.11 bits per heavy atom. The van der Waals surface area contributed by atoms with Gasteiger partial charge in [0.15, 0.2) is 0 Å². The minimum Gasteiger partial charge on any atom is -0.466 e. The van der Waals surface area contributed by atoms with Gasteiger partial charge >= 0.3 is 11.7 Å². The topological polar surface area (TPSA) is 104 Å². The highest BCUT2D eigenvalue weighted by Gasteiger charge is 2.32. The van der Waals surface area contributed by atoms with Gasteiger partial charge in [0.25, 0.3) is 11.5 Å². The highest BCUT2D eigenvalue weighted by Crippen LogP contribution is 2.19. The maximum Gasteiger partial charge on any atom is 0.352 e. The van der Waals surface area contributed by atoms with Crippen LogP contribution in [-0.2, 0) is 16.1 Å². The van der Waals surface area contributed by atoms with Crippen molar-refractivity contribution >= 4 is 23.5 Å². The Morgan fingerprint density at radius 3 is 2.51 bits per heavy atom. The third kappa shape index (κ3) is 5.83. The Labute approximate surface area is 219 Å². The van der Waals surface area contributed by atoms with Crippen molar-refractivity contribution in [3.63, 3.8) is 0 Å². The van der Waals surface area contributed by atoms with Crippen molar-refractivity contribution in [3.8, 4) is 5.69 Å². The average molecular weight is 525 g/mol. The van der Waals surface area contributed by atoms with Gasteiger partial charge in [-0.2, -0.15) is 9.78 Å². The number of likely N-dealkylation sites (tertiary alicyclic amines) is 1. The van der Waals surface area contributed by atoms with Crippen molar-refractivity contribution in [2.75, 3.05) is 19.7 Å². The van der Waals surface area contributed by atoms with Crippen molar-refractivity contribution in [3.05, 3.63) is 90.7 Å². The molecule has 194 valence electrons. The molecule has 0 aliphatic carbocycles. The summed E-state index contributed by atoms with van der Waals surface area (Å²) in [6.07, 6.45) is 1.18. The summed E-state index contributed by atoms with van der Waals surface area (Å²) in [5.74, 6) is -1.47. The van der Waals surface area contributed by atoms with E-state index >= 15 is 0 Å². The van der Waals surface area contributed by atoms with E-state index < -0.39 is 23.1 Å². The fourth-order valence-electron chi connectivity index (χ4n) is 4.61. The molecule has 1 aromatic heterocycles. The van der Waals surface area contributed by atoms with Crippen molar-refractivity contribution in [2.24, 2.45) is 5.92 Å². The molecule has 1 fully saturated rings. The van der Waals surface area contributed by atoms with E-state index in [2.05, 4.69) is 5.10 Å². The van der Waals surface area contributed by atoms with E-state index in [0.29, 0.717) is 35.7 Å². The van der Waals surface area contributed by atoms with Crippen LogP contribution in [0.5, 0.6) is 0 Å². The van der Waals surface area contributed by atoms with Crippen molar-refractivity contribution < 1.29 is 14.3 Å². The Bertz CT molecular complexity index is 1440. The number of halogens is 1. The number of hydrogen-bond donors (Lipinski definition) is 0. The molecule has 10 heteroatoms. The SMILES string of the molecule is CCOC(=O)[C@H]1CCCN(C(=O)c2nn(-c3cc(C)cc(C)c3)c(=O)n(Cc3cccc(Cl)c3)c2=O)C1. The standard InChI is InChI=1S/C27H29ClN4O5/c1-4-37-26(35)20-8-6-10-30(16-20)24(33)23-25(34)31(15-19-7-5-9-21(28)14-19)27(36)32(29-23)22-12-17(2)11-18(3)13-22/h5,7,9,11-14,20H,4,6,8,10,15-16H2,1-3H3/t20-/m0/s1. The van der Waals surface area contributed by atoms with Gasteiger partial charge in [0.05, 0.1) is 24.8 Å². The molecule has 0 spiro atoms. The molecule has 1 aliphatic heterocycles. The Balaban J connectivity index is 1.82. The zero-order valence-electron chi connectivity index (χ0n) is 21.1. The molecule has 4 rings (SSSR count). The maximum atomic E-state index is 13.6. The van der Waals surface area contributed by atoms with E-state index in [1.54, 1.807) is 43.3 Å². The fourth-order valence-corrected chi connectivity index (χ4v) is 4.82. The van der Waals surface area contributed by atoms with Crippen LogP contribution in [0.3, 0.4) is 0 Å². The number of amides is 1. The molecule has 1 aliphatic rings. The first-order valence-electron chi connectivity index (χ1n) is 12.2. The van der Waals surface area contributed by atoms with Gasteiger partial charge in [-0.1, -0.05) is 29.8 Å². The van der Waals surface area contributed by atoms with Crippen LogP contribution in [-0.4, -0.2) is 50.8 Å². The van der Waals surface area contributed by atoms with E-state index in [1.807, 2.05) is 19.9 Å². The van der Waals surface area contributed by atoms with Crippen LogP contribution < -0.4 is 11.2 Å². The quantitative estimate of drug-likeness (QED) is 0.459. The number of rotatable bonds is 6. The molecule has 1 saturated heterocycles. The molecule has 0 unspecified atom stereocenters. The molecule has 1 amide bonds. The van der Waals surface area contributed by atoms with E-state index in [9.17, 15) is 19.2 Å². The number of aromatic nitrogens is 3. The van der Waals surface area contributed by atoms with Gasteiger partial charge in [-0.05, 0) is 74.6 Å². The van der Waals surface area contributed by atoms with E-state index in [4.69, 9.17) is 16.3 Å². The lowest BCUT2D eigenvalue weighted by atomic mass is 9.98. The van der Waals surface area contributed by atoms with Gasteiger partial charge in [0, 0.05) is 18.1 Å². The summed E-state index contributed by atoms with van der Waals surface area (Å²) in [6.45, 7) is 6.16. The number of esters is 1. The minimum atomic E-state index is -0.797. The molecular formula is C27H29ClN4O5. The number of carbonyl (C=O) groups is 2. The lowest BCUT2D eigenvalue weighted by Gasteiger charge is -2.31. The third-order valence-corrected chi connectivity index (χ3v) is 6.51. The molecule has 1 atom stereocenters. The van der Waals surface area contributed by atoms with Crippen LogP contribution in [0.15, 0.2) is 52.1 Å². The van der Waals surface area contributed by atoms with Crippen molar-refractivity contribution in [1.29, 1.82) is 0 Å². The largest absolute Gasteiger partial charge is 0.466 e. The summed E-state index contributed by atoms with van der Waals surface area (Å²) in [7, 11) is 0. The lowest BCUT2D eigenvalue weighted by molar-refractivity contribution is -0.149. The summed E-state index contributed by atoms with van der Waals surface area (Å²) in [6, 6.07) is 12.3. The Morgan fingerprint density at radius 2 is 1.84 bits per heavy atom. The second-order valence-electron chi connectivity index (χ2n) is 9.25. The van der Waals surface area contributed by atoms with Gasteiger partial charge < -0.3 is 9.64 Å². The van der Waals surface area contributed by atoms with Crippen LogP contribution in [0.1, 0.15) is 46.9 Å². The number of aryl methyl sites for hydroxylation is 2. The number of carbonyl (C=O) groups excluding carboxylic acids is 2. The van der Waals surface area contributed by atoms with Crippen LogP contribution in [0.25, 0.3) is 5.69 Å². The van der Waals surface area contributed by atoms with Crippen LogP contribution >= 0.6 is 11.6 Å². The molecule has 3 aromatic rings. The van der Waals surface area contributed by atoms with E-state index in [0.717, 1.165) is 20.4 Å². The first kappa shape index (κ1) is 26.3. The molecule has 0 bridgehead atoms. The lowest BCUT2D eigenvalue weighted by Crippen LogP contribution is -2.49. The maximum absolute atomic E-state index is 13.6. The number of hydrogen-bond acceptors (Lipinski definition) is 6. The number of nitrogens with zero attached hydrogens (tertiary/aromatic N) is 4. The fraction of sp³-hybridized carbons (Fsp3) is 0.370. The summed E-state index contributed by atoms with van der Waals surface area (Å²) < 4.78 is 7.22.